The number of aliphatic hydroxyl groups excluding tert-OH is 1. The molecule has 2 fully saturated rings. The average Bonchev–Trinajstić information content (AvgIpc) is 2.94. The van der Waals surface area contributed by atoms with Gasteiger partial charge in [-0.05, 0) is 6.07 Å². The first-order chi connectivity index (χ1) is 10.7. The van der Waals surface area contributed by atoms with Crippen LogP contribution in [0.1, 0.15) is 13.2 Å². The summed E-state index contributed by atoms with van der Waals surface area (Å²) in [6.07, 6.45) is -2.61. The molecule has 0 saturated carbocycles. The van der Waals surface area contributed by atoms with E-state index >= 15 is 0 Å². The van der Waals surface area contributed by atoms with Crippen molar-refractivity contribution in [3.8, 4) is 0 Å². The van der Waals surface area contributed by atoms with Crippen molar-refractivity contribution in [1.82, 2.24) is 9.55 Å². The molecule has 0 amide bonds. The summed E-state index contributed by atoms with van der Waals surface area (Å²) in [6.45, 7) is 0.622. The number of fused-ring (bicyclic) bond motifs is 1. The fourth-order valence-corrected chi connectivity index (χ4v) is 3.15. The molecule has 5 atom stereocenters. The number of aromatic nitrogens is 2. The quantitative estimate of drug-likeness (QED) is 0.464. The highest BCUT2D eigenvalue weighted by Crippen LogP contribution is 2.58. The van der Waals surface area contributed by atoms with Crippen molar-refractivity contribution >= 4 is 13.4 Å². The summed E-state index contributed by atoms with van der Waals surface area (Å²) in [7, 11) is -4.76. The Bertz CT molecular complexity index is 719. The second-order valence-corrected chi connectivity index (χ2v) is 7.30. The zero-order chi connectivity index (χ0) is 17.0. The predicted octanol–water partition coefficient (Wildman–Crippen LogP) is -1.65. The van der Waals surface area contributed by atoms with Gasteiger partial charge in [-0.15, -0.1) is 0 Å². The molecule has 2 aliphatic heterocycles. The Morgan fingerprint density at radius 3 is 2.65 bits per heavy atom. The van der Waals surface area contributed by atoms with Gasteiger partial charge in [0.2, 0.25) is 0 Å². The molecule has 0 radical (unpaired) electrons. The molecule has 3 rings (SSSR count). The van der Waals surface area contributed by atoms with Crippen molar-refractivity contribution in [3.05, 3.63) is 22.7 Å². The molecule has 0 bridgehead atoms. The minimum absolute atomic E-state index is 0.0168. The zero-order valence-corrected chi connectivity index (χ0v) is 12.9. The second kappa shape index (κ2) is 5.35. The Morgan fingerprint density at radius 2 is 2.09 bits per heavy atom. The predicted molar refractivity (Wildman–Crippen MR) is 74.1 cm³/mol. The van der Waals surface area contributed by atoms with E-state index in [-0.39, 0.29) is 5.82 Å². The van der Waals surface area contributed by atoms with Gasteiger partial charge in [0.25, 0.3) is 5.53 Å². The van der Waals surface area contributed by atoms with E-state index in [2.05, 4.69) is 4.98 Å². The van der Waals surface area contributed by atoms with Gasteiger partial charge in [-0.25, -0.2) is 4.79 Å². The lowest BCUT2D eigenvalue weighted by molar-refractivity contribution is -0.175. The Balaban J connectivity index is 1.98. The normalized spacial score (nSPS) is 37.0. The fraction of sp³-hybridized carbons (Fsp3) is 0.636. The highest BCUT2D eigenvalue weighted by atomic mass is 31.2. The van der Waals surface area contributed by atoms with E-state index in [9.17, 15) is 24.3 Å². The van der Waals surface area contributed by atoms with Crippen molar-refractivity contribution in [1.29, 1.82) is 0 Å². The van der Waals surface area contributed by atoms with Gasteiger partial charge in [-0.1, -0.05) is 0 Å². The lowest BCUT2D eigenvalue weighted by Gasteiger charge is -2.27. The van der Waals surface area contributed by atoms with Gasteiger partial charge in [0, 0.05) is 13.1 Å². The van der Waals surface area contributed by atoms with Crippen LogP contribution in [-0.4, -0.2) is 54.9 Å². The number of anilines is 1. The second-order valence-electron chi connectivity index (χ2n) is 5.40. The largest absolute Gasteiger partial charge is 0.394 e. The number of nitrogens with zero attached hydrogens (tertiary/aromatic N) is 2. The number of hydrogen-bond acceptors (Lipinski definition) is 8. The SMILES string of the molecule is CC1(P(=O)(O)O)OC2C(CO)OC(n3ccc(N)nc3=O)C2O1. The van der Waals surface area contributed by atoms with Crippen LogP contribution in [0, 0.1) is 0 Å². The first kappa shape index (κ1) is 16.5. The summed E-state index contributed by atoms with van der Waals surface area (Å²) in [5, 5.41) is 9.39. The number of aliphatic hydroxyl groups is 1. The molecule has 3 heterocycles. The molecule has 23 heavy (non-hydrogen) atoms. The molecular weight excluding hydrogens is 333 g/mol. The maximum absolute atomic E-state index is 11.9. The first-order valence-electron chi connectivity index (χ1n) is 6.68. The molecule has 1 aromatic heterocycles. The van der Waals surface area contributed by atoms with Crippen LogP contribution in [0.5, 0.6) is 0 Å². The van der Waals surface area contributed by atoms with Crippen LogP contribution < -0.4 is 11.4 Å². The molecule has 5 N–H and O–H groups in total. The highest BCUT2D eigenvalue weighted by molar-refractivity contribution is 7.53. The third-order valence-electron chi connectivity index (χ3n) is 3.83. The Hall–Kier alpha value is -1.33. The molecule has 5 unspecified atom stereocenters. The molecule has 0 aliphatic carbocycles. The van der Waals surface area contributed by atoms with E-state index in [1.165, 1.54) is 12.3 Å². The molecule has 0 spiro atoms. The highest BCUT2D eigenvalue weighted by Gasteiger charge is 2.63. The summed E-state index contributed by atoms with van der Waals surface area (Å²) in [5.74, 6) is 0.0168. The van der Waals surface area contributed by atoms with Gasteiger partial charge in [0.1, 0.15) is 24.1 Å². The third-order valence-corrected chi connectivity index (χ3v) is 5.10. The minimum atomic E-state index is -4.76. The molecule has 11 nitrogen and oxygen atoms in total. The van der Waals surface area contributed by atoms with Crippen LogP contribution in [0.4, 0.5) is 5.82 Å². The van der Waals surface area contributed by atoms with Crippen molar-refractivity contribution in [3.63, 3.8) is 0 Å². The van der Waals surface area contributed by atoms with Crippen LogP contribution in [0.2, 0.25) is 0 Å². The third kappa shape index (κ3) is 2.60. The monoisotopic (exact) mass is 349 g/mol. The van der Waals surface area contributed by atoms with Crippen molar-refractivity contribution in [2.24, 2.45) is 0 Å². The number of hydrogen-bond donors (Lipinski definition) is 4. The number of nitrogen functional groups attached to an aromatic ring is 1. The van der Waals surface area contributed by atoms with E-state index in [1.54, 1.807) is 0 Å². The topological polar surface area (TPSA) is 166 Å². The molecule has 12 heteroatoms. The van der Waals surface area contributed by atoms with Crippen LogP contribution in [0.25, 0.3) is 0 Å². The summed E-state index contributed by atoms with van der Waals surface area (Å²) in [5.41, 5.74) is 2.52. The van der Waals surface area contributed by atoms with Crippen molar-refractivity contribution in [2.75, 3.05) is 12.3 Å². The number of nitrogens with two attached hydrogens (primary N) is 1. The smallest absolute Gasteiger partial charge is 0.384 e. The fourth-order valence-electron chi connectivity index (χ4n) is 2.64. The van der Waals surface area contributed by atoms with Gasteiger partial charge in [-0.3, -0.25) is 9.13 Å². The Morgan fingerprint density at radius 1 is 1.43 bits per heavy atom. The van der Waals surface area contributed by atoms with Crippen LogP contribution in [0.15, 0.2) is 17.1 Å². The Kier molecular flexibility index (Phi) is 3.84. The van der Waals surface area contributed by atoms with E-state index in [4.69, 9.17) is 19.9 Å². The molecule has 128 valence electrons. The molecular formula is C11H16N3O8P. The van der Waals surface area contributed by atoms with Gasteiger partial charge in [0.05, 0.1) is 6.61 Å². The van der Waals surface area contributed by atoms with Crippen molar-refractivity contribution < 1.29 is 33.7 Å². The Labute approximate surface area is 129 Å². The summed E-state index contributed by atoms with van der Waals surface area (Å²) >= 11 is 0. The lowest BCUT2D eigenvalue weighted by atomic mass is 10.1. The van der Waals surface area contributed by atoms with E-state index in [0.717, 1.165) is 11.5 Å². The summed E-state index contributed by atoms with van der Waals surface area (Å²) in [6, 6.07) is 1.37. The van der Waals surface area contributed by atoms with E-state index < -0.39 is 50.0 Å². The van der Waals surface area contributed by atoms with Crippen LogP contribution in [0.3, 0.4) is 0 Å². The summed E-state index contributed by atoms with van der Waals surface area (Å²) < 4.78 is 28.9. The van der Waals surface area contributed by atoms with E-state index in [1.807, 2.05) is 0 Å². The van der Waals surface area contributed by atoms with Gasteiger partial charge in [0.15, 0.2) is 6.23 Å². The first-order valence-corrected chi connectivity index (χ1v) is 8.30. The lowest BCUT2D eigenvalue weighted by Crippen LogP contribution is -2.35. The zero-order valence-electron chi connectivity index (χ0n) is 12.0. The van der Waals surface area contributed by atoms with Crippen molar-refractivity contribution in [2.45, 2.75) is 37.0 Å². The molecule has 2 aliphatic rings. The van der Waals surface area contributed by atoms with Gasteiger partial charge >= 0.3 is 13.3 Å². The standard InChI is InChI=1S/C11H16N3O8P/c1-11(23(17,18)19)21-7-5(4-15)20-9(8(7)22-11)14-3-2-6(12)13-10(14)16/h2-3,5,7-9,15H,4H2,1H3,(H2,12,13,16)(H2,17,18,19). The maximum Gasteiger partial charge on any atom is 0.384 e. The maximum atomic E-state index is 11.9. The summed E-state index contributed by atoms with van der Waals surface area (Å²) in [4.78, 5) is 34.3. The van der Waals surface area contributed by atoms with Gasteiger partial charge < -0.3 is 34.8 Å². The molecule has 1 aromatic rings. The number of ether oxygens (including phenoxy) is 3. The van der Waals surface area contributed by atoms with E-state index in [0.29, 0.717) is 0 Å². The average molecular weight is 349 g/mol. The van der Waals surface area contributed by atoms with Crippen LogP contribution in [-0.2, 0) is 18.8 Å². The molecule has 2 saturated heterocycles. The van der Waals surface area contributed by atoms with Crippen LogP contribution >= 0.6 is 7.60 Å². The van der Waals surface area contributed by atoms with Gasteiger partial charge in [-0.2, -0.15) is 4.98 Å². The minimum Gasteiger partial charge on any atom is -0.394 e. The number of rotatable bonds is 3. The molecule has 0 aromatic carbocycles.